The molecule has 11 heavy (non-hydrogen) atoms. The number of hydrogen-bond acceptors (Lipinski definition) is 5. The highest BCUT2D eigenvalue weighted by atomic mass is 16.7. The Morgan fingerprint density at radius 1 is 1.64 bits per heavy atom. The lowest BCUT2D eigenvalue weighted by atomic mass is 10.1. The zero-order valence-electron chi connectivity index (χ0n) is 6.06. The summed E-state index contributed by atoms with van der Waals surface area (Å²) in [6, 6.07) is 0. The highest BCUT2D eigenvalue weighted by Gasteiger charge is 2.36. The predicted octanol–water partition coefficient (Wildman–Crippen LogP) is -1.72. The van der Waals surface area contributed by atoms with E-state index in [0.717, 1.165) is 0 Å². The molecular weight excluding hydrogens is 152 g/mol. The van der Waals surface area contributed by atoms with Crippen LogP contribution in [0.2, 0.25) is 0 Å². The summed E-state index contributed by atoms with van der Waals surface area (Å²) in [6.07, 6.45) is -3.54. The molecule has 0 unspecified atom stereocenters. The molecule has 1 heterocycles. The zero-order valence-corrected chi connectivity index (χ0v) is 6.06. The van der Waals surface area contributed by atoms with E-state index in [0.29, 0.717) is 0 Å². The smallest absolute Gasteiger partial charge is 0.197 e. The van der Waals surface area contributed by atoms with Gasteiger partial charge in [-0.1, -0.05) is 0 Å². The molecule has 0 saturated carbocycles. The molecule has 0 aromatic rings. The Bertz CT molecular complexity index is 157. The molecule has 5 heteroatoms. The molecule has 3 atom stereocenters. The molecule has 0 spiro atoms. The first-order chi connectivity index (χ1) is 5.16. The number of carbonyl (C=O) groups excluding carboxylic acids is 1. The summed E-state index contributed by atoms with van der Waals surface area (Å²) in [5, 5.41) is 17.9. The summed E-state index contributed by atoms with van der Waals surface area (Å²) in [5.41, 5.74) is 0. The van der Waals surface area contributed by atoms with E-state index in [1.54, 1.807) is 0 Å². The highest BCUT2D eigenvalue weighted by molar-refractivity contribution is 5.88. The van der Waals surface area contributed by atoms with Crippen molar-refractivity contribution in [1.82, 2.24) is 0 Å². The number of Topliss-reactive ketones (excluding diaryl/α,β-unsaturated/α-hetero) is 1. The Kier molecular flexibility index (Phi) is 2.56. The third-order valence-corrected chi connectivity index (χ3v) is 1.53. The number of ketones is 1. The van der Waals surface area contributed by atoms with Crippen LogP contribution in [0.4, 0.5) is 0 Å². The molecule has 0 aromatic heterocycles. The van der Waals surface area contributed by atoms with Gasteiger partial charge >= 0.3 is 0 Å². The first-order valence-corrected chi connectivity index (χ1v) is 3.21. The van der Waals surface area contributed by atoms with E-state index in [1.807, 2.05) is 0 Å². The van der Waals surface area contributed by atoms with Gasteiger partial charge in [0, 0.05) is 7.11 Å². The van der Waals surface area contributed by atoms with Gasteiger partial charge in [0.15, 0.2) is 18.2 Å². The van der Waals surface area contributed by atoms with Crippen LogP contribution in [-0.4, -0.2) is 48.2 Å². The average molecular weight is 162 g/mol. The van der Waals surface area contributed by atoms with Crippen LogP contribution >= 0.6 is 0 Å². The molecule has 0 radical (unpaired) electrons. The molecule has 1 aliphatic heterocycles. The Balaban J connectivity index is 2.59. The van der Waals surface area contributed by atoms with Gasteiger partial charge in [0.05, 0.1) is 6.61 Å². The lowest BCUT2D eigenvalue weighted by Gasteiger charge is -2.28. The van der Waals surface area contributed by atoms with Crippen molar-refractivity contribution < 1.29 is 24.5 Å². The Hall–Kier alpha value is -0.490. The molecule has 0 aliphatic carbocycles. The van der Waals surface area contributed by atoms with Gasteiger partial charge in [0.2, 0.25) is 0 Å². The van der Waals surface area contributed by atoms with E-state index >= 15 is 0 Å². The fourth-order valence-electron chi connectivity index (χ4n) is 0.887. The molecule has 64 valence electrons. The summed E-state index contributed by atoms with van der Waals surface area (Å²) in [6.45, 7) is -0.117. The van der Waals surface area contributed by atoms with Gasteiger partial charge in [-0.15, -0.1) is 0 Å². The Morgan fingerprint density at radius 3 is 2.82 bits per heavy atom. The number of aliphatic hydroxyl groups is 2. The maximum absolute atomic E-state index is 10.8. The quantitative estimate of drug-likeness (QED) is 0.479. The van der Waals surface area contributed by atoms with Crippen LogP contribution in [0, 0.1) is 0 Å². The van der Waals surface area contributed by atoms with Crippen LogP contribution in [0.1, 0.15) is 0 Å². The second-order valence-corrected chi connectivity index (χ2v) is 2.30. The van der Waals surface area contributed by atoms with Gasteiger partial charge in [-0.3, -0.25) is 4.79 Å². The monoisotopic (exact) mass is 162 g/mol. The van der Waals surface area contributed by atoms with Crippen LogP contribution in [-0.2, 0) is 14.3 Å². The lowest BCUT2D eigenvalue weighted by molar-refractivity contribution is -0.217. The van der Waals surface area contributed by atoms with Crippen LogP contribution in [0.3, 0.4) is 0 Å². The van der Waals surface area contributed by atoms with Crippen LogP contribution in [0.15, 0.2) is 0 Å². The van der Waals surface area contributed by atoms with Crippen molar-refractivity contribution in [2.45, 2.75) is 18.5 Å². The van der Waals surface area contributed by atoms with Crippen LogP contribution < -0.4 is 0 Å². The second kappa shape index (κ2) is 3.27. The summed E-state index contributed by atoms with van der Waals surface area (Å²) >= 11 is 0. The van der Waals surface area contributed by atoms with Gasteiger partial charge in [-0.2, -0.15) is 0 Å². The minimum Gasteiger partial charge on any atom is -0.383 e. The van der Waals surface area contributed by atoms with Crippen molar-refractivity contribution in [3.8, 4) is 0 Å². The number of methoxy groups -OCH3 is 1. The standard InChI is InChI=1S/C6H10O5/c1-10-6-5(9)4(8)3(7)2-11-6/h3,5-7,9H,2H2,1H3/t3-,5-,6+/m1/s1. The number of ether oxygens (including phenoxy) is 2. The third-order valence-electron chi connectivity index (χ3n) is 1.53. The van der Waals surface area contributed by atoms with Crippen LogP contribution in [0.5, 0.6) is 0 Å². The molecule has 1 fully saturated rings. The molecule has 0 aromatic carbocycles. The Morgan fingerprint density at radius 2 is 2.27 bits per heavy atom. The van der Waals surface area contributed by atoms with Crippen molar-refractivity contribution in [1.29, 1.82) is 0 Å². The van der Waals surface area contributed by atoms with Crippen molar-refractivity contribution >= 4 is 5.78 Å². The maximum atomic E-state index is 10.8. The van der Waals surface area contributed by atoms with E-state index < -0.39 is 24.3 Å². The van der Waals surface area contributed by atoms with Gasteiger partial charge in [0.25, 0.3) is 0 Å². The molecule has 1 saturated heterocycles. The molecule has 1 aliphatic rings. The maximum Gasteiger partial charge on any atom is 0.197 e. The summed E-state index contributed by atoms with van der Waals surface area (Å²) in [7, 11) is 1.32. The SMILES string of the molecule is CO[C@H]1OC[C@@H](O)C(=O)[C@H]1O. The second-order valence-electron chi connectivity index (χ2n) is 2.30. The summed E-state index contributed by atoms with van der Waals surface area (Å²) in [5.74, 6) is -0.650. The Labute approximate surface area is 63.5 Å². The van der Waals surface area contributed by atoms with Crippen molar-refractivity contribution in [2.75, 3.05) is 13.7 Å². The van der Waals surface area contributed by atoms with E-state index in [9.17, 15) is 4.79 Å². The molecule has 2 N–H and O–H groups in total. The number of hydrogen-bond donors (Lipinski definition) is 2. The highest BCUT2D eigenvalue weighted by Crippen LogP contribution is 2.11. The number of aliphatic hydroxyl groups excluding tert-OH is 2. The van der Waals surface area contributed by atoms with Crippen LogP contribution in [0.25, 0.3) is 0 Å². The van der Waals surface area contributed by atoms with Gasteiger partial charge in [-0.25, -0.2) is 0 Å². The minimum absolute atomic E-state index is 0.117. The van der Waals surface area contributed by atoms with Gasteiger partial charge in [0.1, 0.15) is 6.10 Å². The predicted molar refractivity (Wildman–Crippen MR) is 33.8 cm³/mol. The fraction of sp³-hybridized carbons (Fsp3) is 0.833. The summed E-state index contributed by atoms with van der Waals surface area (Å²) in [4.78, 5) is 10.8. The van der Waals surface area contributed by atoms with Crippen molar-refractivity contribution in [3.63, 3.8) is 0 Å². The largest absolute Gasteiger partial charge is 0.383 e. The number of rotatable bonds is 1. The molecule has 0 amide bonds. The van der Waals surface area contributed by atoms with Gasteiger partial charge in [-0.05, 0) is 0 Å². The minimum atomic E-state index is -1.37. The normalized spacial score (nSPS) is 39.2. The van der Waals surface area contributed by atoms with Crippen molar-refractivity contribution in [2.24, 2.45) is 0 Å². The molecule has 5 nitrogen and oxygen atoms in total. The topological polar surface area (TPSA) is 76.0 Å². The first kappa shape index (κ1) is 8.61. The van der Waals surface area contributed by atoms with E-state index in [-0.39, 0.29) is 6.61 Å². The fourth-order valence-corrected chi connectivity index (χ4v) is 0.887. The molecule has 0 bridgehead atoms. The van der Waals surface area contributed by atoms with E-state index in [4.69, 9.17) is 14.9 Å². The lowest BCUT2D eigenvalue weighted by Crippen LogP contribution is -2.50. The summed E-state index contributed by atoms with van der Waals surface area (Å²) < 4.78 is 9.40. The van der Waals surface area contributed by atoms with E-state index in [2.05, 4.69) is 4.74 Å². The molecular formula is C6H10O5. The number of carbonyl (C=O) groups is 1. The third kappa shape index (κ3) is 1.57. The molecule has 1 rings (SSSR count). The van der Waals surface area contributed by atoms with E-state index in [1.165, 1.54) is 7.11 Å². The average Bonchev–Trinajstić information content (AvgIpc) is 2.01. The first-order valence-electron chi connectivity index (χ1n) is 3.21. The van der Waals surface area contributed by atoms with Crippen molar-refractivity contribution in [3.05, 3.63) is 0 Å². The zero-order chi connectivity index (χ0) is 8.43. The van der Waals surface area contributed by atoms with Gasteiger partial charge < -0.3 is 19.7 Å².